The highest BCUT2D eigenvalue weighted by molar-refractivity contribution is 7.89. The lowest BCUT2D eigenvalue weighted by atomic mass is 9.78. The molecule has 2 heterocycles. The molecule has 136 valence electrons. The third kappa shape index (κ3) is 3.13. The lowest BCUT2D eigenvalue weighted by molar-refractivity contribution is -0.147. The number of carboxylic acid groups (broad SMARTS) is 1. The summed E-state index contributed by atoms with van der Waals surface area (Å²) < 4.78 is 32.1. The van der Waals surface area contributed by atoms with Crippen LogP contribution in [0.15, 0.2) is 23.4 Å². The highest BCUT2D eigenvalue weighted by atomic mass is 32.2. The summed E-state index contributed by atoms with van der Waals surface area (Å²) in [6.07, 6.45) is 3.64. The van der Waals surface area contributed by atoms with Crippen molar-refractivity contribution in [1.82, 2.24) is 9.29 Å². The normalized spacial score (nSPS) is 26.8. The van der Waals surface area contributed by atoms with E-state index in [0.717, 1.165) is 0 Å². The topological polar surface area (TPSA) is 114 Å². The van der Waals surface area contributed by atoms with Crippen molar-refractivity contribution < 1.29 is 27.9 Å². The maximum atomic E-state index is 13.0. The molecule has 1 saturated carbocycles. The van der Waals surface area contributed by atoms with Crippen LogP contribution in [-0.2, 0) is 19.6 Å². The first-order chi connectivity index (χ1) is 11.9. The highest BCUT2D eigenvalue weighted by Gasteiger charge is 2.46. The molecule has 25 heavy (non-hydrogen) atoms. The number of carbonyl (C=O) groups excluding carboxylic acids is 1. The van der Waals surface area contributed by atoms with Crippen molar-refractivity contribution in [2.24, 2.45) is 11.8 Å². The number of ether oxygens (including phenoxy) is 1. The average Bonchev–Trinajstić information content (AvgIpc) is 3.04. The van der Waals surface area contributed by atoms with Crippen molar-refractivity contribution in [3.63, 3.8) is 0 Å². The second kappa shape index (κ2) is 6.72. The molecule has 8 nitrogen and oxygen atoms in total. The van der Waals surface area contributed by atoms with Crippen molar-refractivity contribution in [3.05, 3.63) is 23.9 Å². The number of carbonyl (C=O) groups is 2. The van der Waals surface area contributed by atoms with E-state index in [1.165, 1.54) is 29.7 Å². The number of aromatic nitrogens is 1. The minimum atomic E-state index is -4.00. The molecule has 0 aromatic carbocycles. The van der Waals surface area contributed by atoms with Gasteiger partial charge in [0.25, 0.3) is 10.0 Å². The van der Waals surface area contributed by atoms with Crippen LogP contribution in [0.2, 0.25) is 0 Å². The molecule has 1 aliphatic carbocycles. The van der Waals surface area contributed by atoms with Crippen LogP contribution in [0.3, 0.4) is 0 Å². The fraction of sp³-hybridized carbons (Fsp3) is 0.562. The van der Waals surface area contributed by atoms with E-state index in [0.29, 0.717) is 32.2 Å². The lowest BCUT2D eigenvalue weighted by Gasteiger charge is -2.34. The van der Waals surface area contributed by atoms with Gasteiger partial charge in [0.15, 0.2) is 5.03 Å². The van der Waals surface area contributed by atoms with Gasteiger partial charge in [-0.15, -0.1) is 0 Å². The van der Waals surface area contributed by atoms with Crippen molar-refractivity contribution in [3.8, 4) is 0 Å². The summed E-state index contributed by atoms with van der Waals surface area (Å²) in [5.74, 6) is -1.70. The Morgan fingerprint density at radius 3 is 2.76 bits per heavy atom. The van der Waals surface area contributed by atoms with E-state index in [4.69, 9.17) is 4.74 Å². The molecular weight excluding hydrogens is 348 g/mol. The Labute approximate surface area is 145 Å². The molecule has 0 bridgehead atoms. The van der Waals surface area contributed by atoms with E-state index in [-0.39, 0.29) is 29.4 Å². The third-order valence-electron chi connectivity index (χ3n) is 5.12. The molecule has 3 rings (SSSR count). The van der Waals surface area contributed by atoms with Crippen LogP contribution >= 0.6 is 0 Å². The van der Waals surface area contributed by atoms with Crippen LogP contribution in [0.5, 0.6) is 0 Å². The minimum Gasteiger partial charge on any atom is -0.478 e. The van der Waals surface area contributed by atoms with Gasteiger partial charge in [0, 0.05) is 18.8 Å². The number of aromatic carboxylic acids is 1. The molecule has 2 aliphatic rings. The smallest absolute Gasteiger partial charge is 0.338 e. The van der Waals surface area contributed by atoms with Gasteiger partial charge in [-0.05, 0) is 43.7 Å². The van der Waals surface area contributed by atoms with Crippen LogP contribution in [0, 0.1) is 11.8 Å². The number of fused-ring (bicyclic) bond motifs is 1. The first-order valence-corrected chi connectivity index (χ1v) is 9.58. The molecule has 1 aliphatic heterocycles. The van der Waals surface area contributed by atoms with E-state index in [1.807, 2.05) is 0 Å². The monoisotopic (exact) mass is 368 g/mol. The van der Waals surface area contributed by atoms with Gasteiger partial charge >= 0.3 is 11.9 Å². The summed E-state index contributed by atoms with van der Waals surface area (Å²) in [5, 5.41) is 8.83. The van der Waals surface area contributed by atoms with E-state index in [2.05, 4.69) is 4.98 Å². The summed E-state index contributed by atoms with van der Waals surface area (Å²) in [4.78, 5) is 26.9. The van der Waals surface area contributed by atoms with Gasteiger partial charge in [-0.1, -0.05) is 0 Å². The molecule has 3 unspecified atom stereocenters. The summed E-state index contributed by atoms with van der Waals surface area (Å²) in [6, 6.07) is 2.41. The summed E-state index contributed by atoms with van der Waals surface area (Å²) in [7, 11) is -2.65. The van der Waals surface area contributed by atoms with E-state index < -0.39 is 21.0 Å². The first kappa shape index (κ1) is 17.8. The van der Waals surface area contributed by atoms with Gasteiger partial charge < -0.3 is 9.84 Å². The van der Waals surface area contributed by atoms with E-state index in [1.54, 1.807) is 0 Å². The van der Waals surface area contributed by atoms with Gasteiger partial charge in [-0.2, -0.15) is 4.31 Å². The largest absolute Gasteiger partial charge is 0.478 e. The van der Waals surface area contributed by atoms with Gasteiger partial charge in [-0.3, -0.25) is 4.79 Å². The van der Waals surface area contributed by atoms with Gasteiger partial charge in [0.1, 0.15) is 0 Å². The Bertz CT molecular complexity index is 794. The zero-order valence-electron chi connectivity index (χ0n) is 13.8. The zero-order chi connectivity index (χ0) is 18.2. The molecule has 9 heteroatoms. The molecule has 1 aromatic heterocycles. The Morgan fingerprint density at radius 2 is 2.08 bits per heavy atom. The van der Waals surface area contributed by atoms with Crippen molar-refractivity contribution in [1.29, 1.82) is 0 Å². The van der Waals surface area contributed by atoms with Crippen LogP contribution in [0.1, 0.15) is 36.0 Å². The number of nitrogens with zero attached hydrogens (tertiary/aromatic N) is 2. The molecule has 1 saturated heterocycles. The number of sulfonamides is 1. The molecule has 2 fully saturated rings. The highest BCUT2D eigenvalue weighted by Crippen LogP contribution is 2.41. The number of rotatable bonds is 4. The van der Waals surface area contributed by atoms with Crippen LogP contribution in [0.25, 0.3) is 0 Å². The lowest BCUT2D eigenvalue weighted by Crippen LogP contribution is -2.42. The number of methoxy groups -OCH3 is 1. The number of esters is 1. The minimum absolute atomic E-state index is 0.0737. The average molecular weight is 368 g/mol. The Kier molecular flexibility index (Phi) is 4.79. The summed E-state index contributed by atoms with van der Waals surface area (Å²) >= 11 is 0. The van der Waals surface area contributed by atoms with Gasteiger partial charge in [0.2, 0.25) is 0 Å². The fourth-order valence-corrected chi connectivity index (χ4v) is 5.77. The number of pyridine rings is 1. The fourth-order valence-electron chi connectivity index (χ4n) is 3.95. The number of hydrogen-bond donors (Lipinski definition) is 1. The van der Waals surface area contributed by atoms with Crippen molar-refractivity contribution in [2.45, 2.75) is 36.8 Å². The third-order valence-corrected chi connectivity index (χ3v) is 7.01. The standard InChI is InChI=1S/C16H20N2O6S/c1-24-16(21)11-4-5-13-10(9-11)6-8-18(13)25(22,23)14-12(15(19)20)3-2-7-17-14/h2-3,7,10-11,13H,4-6,8-9H2,1H3,(H,19,20). The van der Waals surface area contributed by atoms with Crippen LogP contribution < -0.4 is 0 Å². The predicted molar refractivity (Wildman–Crippen MR) is 86.3 cm³/mol. The Hall–Kier alpha value is -2.00. The van der Waals surface area contributed by atoms with E-state index >= 15 is 0 Å². The molecule has 1 N–H and O–H groups in total. The van der Waals surface area contributed by atoms with Crippen LogP contribution in [0.4, 0.5) is 0 Å². The first-order valence-electron chi connectivity index (χ1n) is 8.14. The van der Waals surface area contributed by atoms with Crippen molar-refractivity contribution in [2.75, 3.05) is 13.7 Å². The maximum Gasteiger partial charge on any atom is 0.338 e. The Morgan fingerprint density at radius 1 is 1.32 bits per heavy atom. The maximum absolute atomic E-state index is 13.0. The molecular formula is C16H20N2O6S. The number of carboxylic acids is 1. The quantitative estimate of drug-likeness (QED) is 0.792. The molecule has 0 spiro atoms. The van der Waals surface area contributed by atoms with E-state index in [9.17, 15) is 23.1 Å². The van der Waals surface area contributed by atoms with Crippen molar-refractivity contribution >= 4 is 22.0 Å². The summed E-state index contributed by atoms with van der Waals surface area (Å²) in [5.41, 5.74) is -0.325. The predicted octanol–water partition coefficient (Wildman–Crippen LogP) is 1.13. The SMILES string of the molecule is COC(=O)C1CCC2C(CCN2S(=O)(=O)c2ncccc2C(=O)O)C1. The number of hydrogen-bond acceptors (Lipinski definition) is 6. The van der Waals surface area contributed by atoms with Gasteiger partial charge in [-0.25, -0.2) is 18.2 Å². The zero-order valence-corrected chi connectivity index (χ0v) is 14.6. The molecule has 1 aromatic rings. The summed E-state index contributed by atoms with van der Waals surface area (Å²) in [6.45, 7) is 0.307. The van der Waals surface area contributed by atoms with Crippen LogP contribution in [-0.4, -0.2) is 54.4 Å². The molecule has 0 amide bonds. The second-order valence-electron chi connectivity index (χ2n) is 6.43. The Balaban J connectivity index is 1.86. The molecule has 0 radical (unpaired) electrons. The second-order valence-corrected chi connectivity index (χ2v) is 8.23. The molecule has 3 atom stereocenters. The van der Waals surface area contributed by atoms with Gasteiger partial charge in [0.05, 0.1) is 18.6 Å².